The number of nitrogens with one attached hydrogen (secondary N) is 1. The third-order valence-corrected chi connectivity index (χ3v) is 5.32. The van der Waals surface area contributed by atoms with Gasteiger partial charge in [0, 0.05) is 20.9 Å². The Hall–Kier alpha value is -0.0600. The average molecular weight is 410 g/mol. The van der Waals surface area contributed by atoms with Crippen LogP contribution in [0.3, 0.4) is 0 Å². The first-order valence-electron chi connectivity index (χ1n) is 6.43. The highest BCUT2D eigenvalue weighted by Crippen LogP contribution is 2.27. The maximum Gasteiger partial charge on any atom is 0.252 e. The summed E-state index contributed by atoms with van der Waals surface area (Å²) in [5.41, 5.74) is 0.642. The number of hydrogen-bond acceptors (Lipinski definition) is 1. The van der Waals surface area contributed by atoms with Crippen LogP contribution in [0.4, 0.5) is 0 Å². The van der Waals surface area contributed by atoms with Gasteiger partial charge in [0.2, 0.25) is 0 Å². The molecular formula is C14H16Br2ClNO. The Bertz CT molecular complexity index is 467. The van der Waals surface area contributed by atoms with Gasteiger partial charge in [0.25, 0.3) is 5.91 Å². The zero-order valence-electron chi connectivity index (χ0n) is 10.5. The maximum absolute atomic E-state index is 12.3. The highest BCUT2D eigenvalue weighted by atomic mass is 79.9. The lowest BCUT2D eigenvalue weighted by Crippen LogP contribution is -2.42. The van der Waals surface area contributed by atoms with Crippen molar-refractivity contribution in [2.45, 2.75) is 31.7 Å². The molecule has 0 heterocycles. The molecule has 2 unspecified atom stereocenters. The molecule has 1 aromatic carbocycles. The van der Waals surface area contributed by atoms with E-state index in [0.29, 0.717) is 16.5 Å². The molecule has 1 aliphatic carbocycles. The number of hydrogen-bond donors (Lipinski definition) is 1. The van der Waals surface area contributed by atoms with Crippen LogP contribution >= 0.6 is 43.5 Å². The van der Waals surface area contributed by atoms with Crippen molar-refractivity contribution in [3.05, 3.63) is 33.3 Å². The molecule has 104 valence electrons. The molecule has 1 fully saturated rings. The van der Waals surface area contributed by atoms with E-state index in [2.05, 4.69) is 37.2 Å². The van der Waals surface area contributed by atoms with Gasteiger partial charge in [-0.1, -0.05) is 40.4 Å². The summed E-state index contributed by atoms with van der Waals surface area (Å²) in [6, 6.07) is 5.51. The largest absolute Gasteiger partial charge is 0.349 e. The second-order valence-electron chi connectivity index (χ2n) is 4.90. The number of alkyl halides is 1. The molecule has 1 aliphatic rings. The normalized spacial score (nSPS) is 23.1. The van der Waals surface area contributed by atoms with Gasteiger partial charge in [-0.2, -0.15) is 0 Å². The van der Waals surface area contributed by atoms with Crippen LogP contribution in [0.2, 0.25) is 5.02 Å². The van der Waals surface area contributed by atoms with Gasteiger partial charge in [-0.05, 0) is 52.9 Å². The second-order valence-corrected chi connectivity index (χ2v) is 6.84. The van der Waals surface area contributed by atoms with E-state index < -0.39 is 0 Å². The lowest BCUT2D eigenvalue weighted by Gasteiger charge is -2.31. The van der Waals surface area contributed by atoms with E-state index in [0.717, 1.165) is 16.2 Å². The summed E-state index contributed by atoms with van der Waals surface area (Å²) < 4.78 is 0.740. The molecule has 0 bridgehead atoms. The van der Waals surface area contributed by atoms with E-state index in [9.17, 15) is 4.79 Å². The molecule has 19 heavy (non-hydrogen) atoms. The Kier molecular flexibility index (Phi) is 5.72. The van der Waals surface area contributed by atoms with Crippen molar-refractivity contribution in [2.75, 3.05) is 5.33 Å². The molecule has 2 atom stereocenters. The van der Waals surface area contributed by atoms with Gasteiger partial charge >= 0.3 is 0 Å². The predicted octanol–water partition coefficient (Wildman–Crippen LogP) is 4.79. The minimum Gasteiger partial charge on any atom is -0.349 e. The lowest BCUT2D eigenvalue weighted by atomic mass is 9.86. The van der Waals surface area contributed by atoms with Crippen molar-refractivity contribution in [3.63, 3.8) is 0 Å². The summed E-state index contributed by atoms with van der Waals surface area (Å²) in [6.07, 6.45) is 4.69. The van der Waals surface area contributed by atoms with Crippen molar-refractivity contribution < 1.29 is 4.79 Å². The Morgan fingerprint density at radius 3 is 2.79 bits per heavy atom. The average Bonchev–Trinajstić information content (AvgIpc) is 2.39. The van der Waals surface area contributed by atoms with E-state index in [1.165, 1.54) is 19.3 Å². The van der Waals surface area contributed by atoms with E-state index in [-0.39, 0.29) is 11.9 Å². The summed E-state index contributed by atoms with van der Waals surface area (Å²) >= 11 is 12.8. The standard InChI is InChI=1S/C14H16Br2ClNO/c15-8-9-3-1-2-4-13(9)18-14(19)11-6-5-10(17)7-12(11)16/h5-7,9,13H,1-4,8H2,(H,18,19). The smallest absolute Gasteiger partial charge is 0.252 e. The van der Waals surface area contributed by atoms with Crippen LogP contribution in [0.5, 0.6) is 0 Å². The lowest BCUT2D eigenvalue weighted by molar-refractivity contribution is 0.0911. The van der Waals surface area contributed by atoms with Crippen LogP contribution in [0.15, 0.2) is 22.7 Å². The fourth-order valence-electron chi connectivity index (χ4n) is 2.50. The number of benzene rings is 1. The molecular weight excluding hydrogens is 393 g/mol. The fourth-order valence-corrected chi connectivity index (χ4v) is 4.14. The molecule has 1 saturated carbocycles. The van der Waals surface area contributed by atoms with E-state index >= 15 is 0 Å². The second kappa shape index (κ2) is 7.09. The van der Waals surface area contributed by atoms with Crippen molar-refractivity contribution >= 4 is 49.4 Å². The number of rotatable bonds is 3. The molecule has 0 radical (unpaired) electrons. The van der Waals surface area contributed by atoms with Crippen LogP contribution in [0, 0.1) is 5.92 Å². The molecule has 2 rings (SSSR count). The summed E-state index contributed by atoms with van der Waals surface area (Å²) in [6.45, 7) is 0. The van der Waals surface area contributed by atoms with Crippen LogP contribution in [0.25, 0.3) is 0 Å². The molecule has 1 N–H and O–H groups in total. The zero-order chi connectivity index (χ0) is 13.8. The third kappa shape index (κ3) is 3.96. The topological polar surface area (TPSA) is 29.1 Å². The van der Waals surface area contributed by atoms with Crippen molar-refractivity contribution in [2.24, 2.45) is 5.92 Å². The van der Waals surface area contributed by atoms with Gasteiger partial charge in [0.15, 0.2) is 0 Å². The SMILES string of the molecule is O=C(NC1CCCCC1CBr)c1ccc(Cl)cc1Br. The van der Waals surface area contributed by atoms with Crippen LogP contribution in [-0.4, -0.2) is 17.3 Å². The number of carbonyl (C=O) groups excluding carboxylic acids is 1. The van der Waals surface area contributed by atoms with Crippen LogP contribution in [-0.2, 0) is 0 Å². The predicted molar refractivity (Wildman–Crippen MR) is 86.2 cm³/mol. The van der Waals surface area contributed by atoms with E-state index in [1.807, 2.05) is 0 Å². The Morgan fingerprint density at radius 2 is 2.11 bits per heavy atom. The highest BCUT2D eigenvalue weighted by molar-refractivity contribution is 9.10. The van der Waals surface area contributed by atoms with E-state index in [4.69, 9.17) is 11.6 Å². The van der Waals surface area contributed by atoms with Gasteiger partial charge < -0.3 is 5.32 Å². The molecule has 1 amide bonds. The van der Waals surface area contributed by atoms with Crippen LogP contribution in [0.1, 0.15) is 36.0 Å². The van der Waals surface area contributed by atoms with Crippen molar-refractivity contribution in [1.29, 1.82) is 0 Å². The van der Waals surface area contributed by atoms with Gasteiger partial charge in [-0.15, -0.1) is 0 Å². The van der Waals surface area contributed by atoms with E-state index in [1.54, 1.807) is 18.2 Å². The zero-order valence-corrected chi connectivity index (χ0v) is 14.4. The first-order chi connectivity index (χ1) is 9.11. The Balaban J connectivity index is 2.07. The first kappa shape index (κ1) is 15.3. The molecule has 0 aromatic heterocycles. The fraction of sp³-hybridized carbons (Fsp3) is 0.500. The summed E-state index contributed by atoms with van der Waals surface area (Å²) in [4.78, 5) is 12.3. The molecule has 0 spiro atoms. The van der Waals surface area contributed by atoms with Gasteiger partial charge in [-0.25, -0.2) is 0 Å². The van der Waals surface area contributed by atoms with Crippen molar-refractivity contribution in [3.8, 4) is 0 Å². The Labute approximate surface area is 135 Å². The third-order valence-electron chi connectivity index (χ3n) is 3.60. The van der Waals surface area contributed by atoms with Gasteiger partial charge in [0.1, 0.15) is 0 Å². The van der Waals surface area contributed by atoms with Gasteiger partial charge in [-0.3, -0.25) is 4.79 Å². The summed E-state index contributed by atoms with van der Waals surface area (Å²) in [5, 5.41) is 4.72. The monoisotopic (exact) mass is 407 g/mol. The maximum atomic E-state index is 12.3. The molecule has 5 heteroatoms. The minimum absolute atomic E-state index is 0.0265. The quantitative estimate of drug-likeness (QED) is 0.715. The molecule has 0 saturated heterocycles. The molecule has 1 aromatic rings. The molecule has 0 aliphatic heterocycles. The summed E-state index contributed by atoms with van der Waals surface area (Å²) in [7, 11) is 0. The molecule has 2 nitrogen and oxygen atoms in total. The van der Waals surface area contributed by atoms with Gasteiger partial charge in [0.05, 0.1) is 5.56 Å². The summed E-state index contributed by atoms with van der Waals surface area (Å²) in [5.74, 6) is 0.505. The Morgan fingerprint density at radius 1 is 1.37 bits per heavy atom. The highest BCUT2D eigenvalue weighted by Gasteiger charge is 2.26. The number of halogens is 3. The number of carbonyl (C=O) groups is 1. The van der Waals surface area contributed by atoms with Crippen molar-refractivity contribution in [1.82, 2.24) is 5.32 Å². The minimum atomic E-state index is -0.0265. The van der Waals surface area contributed by atoms with Crippen LogP contribution < -0.4 is 5.32 Å². The first-order valence-corrected chi connectivity index (χ1v) is 8.73. The number of amides is 1.